The van der Waals surface area contributed by atoms with Gasteiger partial charge < -0.3 is 10.2 Å². The second-order valence-corrected chi connectivity index (χ2v) is 4.01. The van der Waals surface area contributed by atoms with Crippen molar-refractivity contribution in [3.05, 3.63) is 24.4 Å². The molecule has 2 aliphatic heterocycles. The van der Waals surface area contributed by atoms with Gasteiger partial charge in [-0.25, -0.2) is 4.79 Å². The molecule has 5 heteroatoms. The second kappa shape index (κ2) is 4.09. The number of allylic oxidation sites excluding steroid dienone is 2. The van der Waals surface area contributed by atoms with Gasteiger partial charge in [0, 0.05) is 25.4 Å². The predicted octanol–water partition coefficient (Wildman–Crippen LogP) is 1.01. The molecule has 0 aliphatic carbocycles. The van der Waals surface area contributed by atoms with Gasteiger partial charge in [0.1, 0.15) is 0 Å². The Kier molecular flexibility index (Phi) is 2.78. The Morgan fingerprint density at radius 2 is 2.31 bits per heavy atom. The number of hydrogen-bond acceptors (Lipinski definition) is 3. The van der Waals surface area contributed by atoms with E-state index in [2.05, 4.69) is 4.99 Å². The van der Waals surface area contributed by atoms with E-state index in [1.807, 2.05) is 0 Å². The van der Waals surface area contributed by atoms with E-state index in [1.54, 1.807) is 24.4 Å². The van der Waals surface area contributed by atoms with E-state index >= 15 is 0 Å². The summed E-state index contributed by atoms with van der Waals surface area (Å²) in [4.78, 5) is 16.2. The molecule has 2 atom stereocenters. The number of amides is 1. The van der Waals surface area contributed by atoms with Gasteiger partial charge in [-0.1, -0.05) is 12.2 Å². The molecule has 86 valence electrons. The molecule has 0 fully saturated rings. The molecular formula is C11H14N2O3. The van der Waals surface area contributed by atoms with Crippen molar-refractivity contribution >= 4 is 12.3 Å². The minimum absolute atomic E-state index is 0.389. The largest absolute Gasteiger partial charge is 0.465 e. The zero-order valence-corrected chi connectivity index (χ0v) is 8.78. The van der Waals surface area contributed by atoms with Gasteiger partial charge in [-0.3, -0.25) is 9.89 Å². The highest BCUT2D eigenvalue weighted by Crippen LogP contribution is 2.29. The summed E-state index contributed by atoms with van der Waals surface area (Å²) in [5, 5.41) is 19.5. The maximum Gasteiger partial charge on any atom is 0.411 e. The van der Waals surface area contributed by atoms with Crippen molar-refractivity contribution in [1.82, 2.24) is 4.90 Å². The van der Waals surface area contributed by atoms with Crippen molar-refractivity contribution in [2.75, 3.05) is 6.54 Å². The van der Waals surface area contributed by atoms with Gasteiger partial charge in [-0.15, -0.1) is 0 Å². The lowest BCUT2D eigenvalue weighted by molar-refractivity contribution is -0.0133. The van der Waals surface area contributed by atoms with Crippen molar-refractivity contribution in [3.63, 3.8) is 0 Å². The Morgan fingerprint density at radius 3 is 2.94 bits per heavy atom. The average Bonchev–Trinajstić information content (AvgIpc) is 2.30. The minimum atomic E-state index is -1.05. The lowest BCUT2D eigenvalue weighted by atomic mass is 9.84. The van der Waals surface area contributed by atoms with Crippen molar-refractivity contribution in [2.45, 2.75) is 24.5 Å². The summed E-state index contributed by atoms with van der Waals surface area (Å²) in [6, 6.07) is -0.526. The number of aliphatic hydroxyl groups is 1. The van der Waals surface area contributed by atoms with Crippen LogP contribution in [0.2, 0.25) is 0 Å². The molecule has 0 aromatic carbocycles. The third kappa shape index (κ3) is 1.86. The lowest BCUT2D eigenvalue weighted by Crippen LogP contribution is -2.53. The van der Waals surface area contributed by atoms with Gasteiger partial charge in [-0.2, -0.15) is 0 Å². The van der Waals surface area contributed by atoms with E-state index < -0.39 is 17.7 Å². The van der Waals surface area contributed by atoms with Crippen LogP contribution in [0.4, 0.5) is 4.79 Å². The second-order valence-electron chi connectivity index (χ2n) is 4.01. The van der Waals surface area contributed by atoms with Crippen LogP contribution in [0.3, 0.4) is 0 Å². The molecule has 0 aromatic heterocycles. The molecule has 2 N–H and O–H groups in total. The first-order chi connectivity index (χ1) is 7.63. The van der Waals surface area contributed by atoms with Gasteiger partial charge in [0.2, 0.25) is 0 Å². The molecule has 0 aromatic rings. The van der Waals surface area contributed by atoms with Crippen LogP contribution in [0, 0.1) is 0 Å². The standard InChI is InChI=1S/C11H14N2O3/c14-10(15)13-8-2-1-3-9(13)11(16)4-6-12-7-5-11/h1-3,6,8-9,16H,4-5,7H2,(H,14,15). The van der Waals surface area contributed by atoms with Crippen molar-refractivity contribution < 1.29 is 15.0 Å². The number of carboxylic acid groups (broad SMARTS) is 1. The smallest absolute Gasteiger partial charge is 0.411 e. The van der Waals surface area contributed by atoms with Crippen LogP contribution >= 0.6 is 0 Å². The SMILES string of the molecule is O=C(O)N1C=CC=CC1C1(O)CC=NCC1. The highest BCUT2D eigenvalue weighted by Gasteiger charge is 2.40. The summed E-state index contributed by atoms with van der Waals surface area (Å²) in [7, 11) is 0. The quantitative estimate of drug-likeness (QED) is 0.695. The number of aliphatic imine (C=N–C) groups is 1. The average molecular weight is 222 g/mol. The number of rotatable bonds is 1. The fourth-order valence-corrected chi connectivity index (χ4v) is 2.06. The van der Waals surface area contributed by atoms with Crippen LogP contribution < -0.4 is 0 Å². The van der Waals surface area contributed by atoms with Crippen molar-refractivity contribution in [3.8, 4) is 0 Å². The number of nitrogens with zero attached hydrogens (tertiary/aromatic N) is 2. The lowest BCUT2D eigenvalue weighted by Gasteiger charge is -2.40. The minimum Gasteiger partial charge on any atom is -0.465 e. The molecule has 2 rings (SSSR count). The van der Waals surface area contributed by atoms with Crippen LogP contribution in [-0.2, 0) is 0 Å². The topological polar surface area (TPSA) is 73.1 Å². The molecule has 2 heterocycles. The third-order valence-corrected chi connectivity index (χ3v) is 2.97. The summed E-state index contributed by atoms with van der Waals surface area (Å²) < 4.78 is 0. The van der Waals surface area contributed by atoms with E-state index in [1.165, 1.54) is 6.20 Å². The van der Waals surface area contributed by atoms with Gasteiger partial charge in [0.05, 0.1) is 11.6 Å². The molecule has 16 heavy (non-hydrogen) atoms. The maximum atomic E-state index is 11.0. The monoisotopic (exact) mass is 222 g/mol. The van der Waals surface area contributed by atoms with E-state index in [-0.39, 0.29) is 0 Å². The third-order valence-electron chi connectivity index (χ3n) is 2.97. The Bertz CT molecular complexity index is 375. The summed E-state index contributed by atoms with van der Waals surface area (Å²) in [5.74, 6) is 0. The molecule has 2 aliphatic rings. The Balaban J connectivity index is 2.24. The van der Waals surface area contributed by atoms with Crippen molar-refractivity contribution in [1.29, 1.82) is 0 Å². The predicted molar refractivity (Wildman–Crippen MR) is 59.5 cm³/mol. The molecule has 2 unspecified atom stereocenters. The zero-order chi connectivity index (χ0) is 11.6. The normalized spacial score (nSPS) is 33.1. The molecule has 0 saturated carbocycles. The Hall–Kier alpha value is -1.62. The van der Waals surface area contributed by atoms with Crippen LogP contribution in [0.1, 0.15) is 12.8 Å². The molecule has 1 amide bonds. The van der Waals surface area contributed by atoms with E-state index in [0.29, 0.717) is 19.4 Å². The van der Waals surface area contributed by atoms with Gasteiger partial charge >= 0.3 is 6.09 Å². The fourth-order valence-electron chi connectivity index (χ4n) is 2.06. The van der Waals surface area contributed by atoms with E-state index in [0.717, 1.165) is 4.90 Å². The van der Waals surface area contributed by atoms with Crippen LogP contribution in [0.25, 0.3) is 0 Å². The highest BCUT2D eigenvalue weighted by molar-refractivity contribution is 5.69. The first-order valence-electron chi connectivity index (χ1n) is 5.20. The van der Waals surface area contributed by atoms with Crippen molar-refractivity contribution in [2.24, 2.45) is 4.99 Å². The Morgan fingerprint density at radius 1 is 1.50 bits per heavy atom. The summed E-state index contributed by atoms with van der Waals surface area (Å²) in [5.41, 5.74) is -1.04. The molecular weight excluding hydrogens is 208 g/mol. The molecule has 5 nitrogen and oxygen atoms in total. The highest BCUT2D eigenvalue weighted by atomic mass is 16.4. The van der Waals surface area contributed by atoms with E-state index in [9.17, 15) is 9.90 Å². The first kappa shape index (κ1) is 10.9. The van der Waals surface area contributed by atoms with Crippen LogP contribution in [0.15, 0.2) is 29.4 Å². The van der Waals surface area contributed by atoms with Gasteiger partial charge in [-0.05, 0) is 12.5 Å². The number of hydrogen-bond donors (Lipinski definition) is 2. The Labute approximate surface area is 93.4 Å². The summed E-state index contributed by atoms with van der Waals surface area (Å²) in [6.07, 6.45) is 8.07. The maximum absolute atomic E-state index is 11.0. The number of carbonyl (C=O) groups is 1. The summed E-state index contributed by atoms with van der Waals surface area (Å²) >= 11 is 0. The first-order valence-corrected chi connectivity index (χ1v) is 5.20. The zero-order valence-electron chi connectivity index (χ0n) is 8.78. The van der Waals surface area contributed by atoms with Gasteiger partial charge in [0.15, 0.2) is 0 Å². The van der Waals surface area contributed by atoms with Crippen LogP contribution in [-0.4, -0.2) is 45.6 Å². The molecule has 0 radical (unpaired) electrons. The van der Waals surface area contributed by atoms with Gasteiger partial charge in [0.25, 0.3) is 0 Å². The molecule has 0 saturated heterocycles. The molecule has 0 spiro atoms. The van der Waals surface area contributed by atoms with E-state index in [4.69, 9.17) is 5.11 Å². The fraction of sp³-hybridized carbons (Fsp3) is 0.455. The van der Waals surface area contributed by atoms with Crippen LogP contribution in [0.5, 0.6) is 0 Å². The molecule has 0 bridgehead atoms. The summed E-state index contributed by atoms with van der Waals surface area (Å²) in [6.45, 7) is 0.540.